The molecular weight excluding hydrogens is 359 g/mol. The van der Waals surface area contributed by atoms with Gasteiger partial charge in [-0.25, -0.2) is 9.18 Å². The molecule has 3 rings (SSSR count). The molecule has 0 aromatic heterocycles. The van der Waals surface area contributed by atoms with Gasteiger partial charge in [0.2, 0.25) is 5.91 Å². The van der Waals surface area contributed by atoms with Gasteiger partial charge >= 0.3 is 6.03 Å². The van der Waals surface area contributed by atoms with Gasteiger partial charge in [0.1, 0.15) is 17.9 Å². The Labute approximate surface area is 154 Å². The molecule has 1 aromatic rings. The summed E-state index contributed by atoms with van der Waals surface area (Å²) in [6.45, 7) is 1.29. The Balaban J connectivity index is 1.73. The first-order valence-electron chi connectivity index (χ1n) is 8.62. The molecule has 1 saturated heterocycles. The number of anilines is 1. The molecule has 2 N–H and O–H groups in total. The number of hydrogen-bond acceptors (Lipinski definition) is 5. The lowest BCUT2D eigenvalue weighted by Crippen LogP contribution is -2.54. The van der Waals surface area contributed by atoms with E-state index in [1.54, 1.807) is 0 Å². The zero-order valence-corrected chi connectivity index (χ0v) is 14.7. The minimum atomic E-state index is -0.994. The van der Waals surface area contributed by atoms with Crippen molar-refractivity contribution in [3.63, 3.8) is 0 Å². The van der Waals surface area contributed by atoms with Crippen molar-refractivity contribution in [3.05, 3.63) is 34.1 Å². The fourth-order valence-electron chi connectivity index (χ4n) is 3.69. The van der Waals surface area contributed by atoms with Crippen LogP contribution in [0.1, 0.15) is 32.6 Å². The van der Waals surface area contributed by atoms with Crippen LogP contribution in [-0.4, -0.2) is 39.8 Å². The fourth-order valence-corrected chi connectivity index (χ4v) is 3.69. The van der Waals surface area contributed by atoms with Crippen molar-refractivity contribution in [1.82, 2.24) is 10.2 Å². The second kappa shape index (κ2) is 6.93. The van der Waals surface area contributed by atoms with E-state index in [0.717, 1.165) is 42.4 Å². The third-order valence-electron chi connectivity index (χ3n) is 5.24. The Morgan fingerprint density at radius 3 is 2.85 bits per heavy atom. The molecule has 1 aliphatic carbocycles. The number of nitrogens with one attached hydrogen (secondary N) is 2. The number of nitro groups is 1. The van der Waals surface area contributed by atoms with E-state index in [1.165, 1.54) is 0 Å². The Hall–Kier alpha value is -3.04. The van der Waals surface area contributed by atoms with E-state index in [2.05, 4.69) is 10.6 Å². The van der Waals surface area contributed by atoms with Gasteiger partial charge in [0, 0.05) is 12.1 Å². The number of imide groups is 1. The molecule has 0 radical (unpaired) electrons. The lowest BCUT2D eigenvalue weighted by atomic mass is 9.73. The van der Waals surface area contributed by atoms with Crippen LogP contribution in [0, 0.1) is 21.8 Å². The van der Waals surface area contributed by atoms with Crippen molar-refractivity contribution < 1.29 is 23.7 Å². The van der Waals surface area contributed by atoms with Crippen molar-refractivity contribution in [2.24, 2.45) is 5.92 Å². The second-order valence-corrected chi connectivity index (χ2v) is 6.91. The summed E-state index contributed by atoms with van der Waals surface area (Å²) in [7, 11) is 0. The number of benzene rings is 1. The molecule has 1 aliphatic heterocycles. The van der Waals surface area contributed by atoms with Crippen LogP contribution in [0.2, 0.25) is 0 Å². The number of rotatable bonds is 4. The number of hydrogen-bond donors (Lipinski definition) is 2. The van der Waals surface area contributed by atoms with Crippen LogP contribution in [0.4, 0.5) is 20.6 Å². The quantitative estimate of drug-likeness (QED) is 0.472. The number of nitrogens with zero attached hydrogens (tertiary/aromatic N) is 2. The molecule has 27 heavy (non-hydrogen) atoms. The van der Waals surface area contributed by atoms with Crippen LogP contribution in [0.25, 0.3) is 0 Å². The maximum absolute atomic E-state index is 13.8. The number of carbonyl (C=O) groups excluding carboxylic acids is 3. The van der Waals surface area contributed by atoms with E-state index in [4.69, 9.17) is 0 Å². The smallest absolute Gasteiger partial charge is 0.323 e. The molecule has 10 heteroatoms. The standard InChI is InChI=1S/C17H19FN4O5/c1-10-4-2-3-7-17(10)15(24)21(16(25)20-17)9-14(23)19-13-8-11(22(26)27)5-6-12(13)18/h5-6,8,10H,2-4,7,9H2,1H3,(H,19,23)(H,20,25)/t10-,17-/m0/s1. The van der Waals surface area contributed by atoms with Gasteiger partial charge in [-0.05, 0) is 24.8 Å². The van der Waals surface area contributed by atoms with Crippen molar-refractivity contribution in [1.29, 1.82) is 0 Å². The summed E-state index contributed by atoms with van der Waals surface area (Å²) < 4.78 is 13.8. The lowest BCUT2D eigenvalue weighted by molar-refractivity contribution is -0.384. The van der Waals surface area contributed by atoms with Crippen LogP contribution < -0.4 is 10.6 Å². The van der Waals surface area contributed by atoms with Gasteiger partial charge < -0.3 is 10.6 Å². The molecule has 9 nitrogen and oxygen atoms in total. The predicted molar refractivity (Wildman–Crippen MR) is 92.3 cm³/mol. The molecule has 2 atom stereocenters. The van der Waals surface area contributed by atoms with Crippen molar-refractivity contribution in [3.8, 4) is 0 Å². The molecule has 1 saturated carbocycles. The normalized spacial score (nSPS) is 24.8. The second-order valence-electron chi connectivity index (χ2n) is 6.91. The zero-order valence-electron chi connectivity index (χ0n) is 14.7. The van der Waals surface area contributed by atoms with Crippen LogP contribution in [0.5, 0.6) is 0 Å². The molecule has 144 valence electrons. The van der Waals surface area contributed by atoms with Gasteiger partial charge in [-0.3, -0.25) is 24.6 Å². The highest BCUT2D eigenvalue weighted by Crippen LogP contribution is 2.38. The summed E-state index contributed by atoms with van der Waals surface area (Å²) >= 11 is 0. The van der Waals surface area contributed by atoms with Crippen molar-refractivity contribution in [2.45, 2.75) is 38.1 Å². The van der Waals surface area contributed by atoms with Crippen LogP contribution in [-0.2, 0) is 9.59 Å². The molecule has 2 aliphatic rings. The van der Waals surface area contributed by atoms with E-state index >= 15 is 0 Å². The minimum absolute atomic E-state index is 0.0509. The first-order valence-corrected chi connectivity index (χ1v) is 8.62. The van der Waals surface area contributed by atoms with Crippen LogP contribution in [0.3, 0.4) is 0 Å². The highest BCUT2D eigenvalue weighted by atomic mass is 19.1. The van der Waals surface area contributed by atoms with Crippen molar-refractivity contribution in [2.75, 3.05) is 11.9 Å². The van der Waals surface area contributed by atoms with Crippen LogP contribution >= 0.6 is 0 Å². The Bertz CT molecular complexity index is 830. The van der Waals surface area contributed by atoms with E-state index in [0.29, 0.717) is 6.42 Å². The third kappa shape index (κ3) is 3.34. The summed E-state index contributed by atoms with van der Waals surface area (Å²) in [4.78, 5) is 48.1. The van der Waals surface area contributed by atoms with Gasteiger partial charge in [0.25, 0.3) is 11.6 Å². The van der Waals surface area contributed by atoms with E-state index in [1.807, 2.05) is 6.92 Å². The summed E-state index contributed by atoms with van der Waals surface area (Å²) in [5, 5.41) is 15.7. The average molecular weight is 378 g/mol. The largest absolute Gasteiger partial charge is 0.325 e. The van der Waals surface area contributed by atoms with Gasteiger partial charge in [-0.1, -0.05) is 19.8 Å². The first-order chi connectivity index (χ1) is 12.7. The fraction of sp³-hybridized carbons (Fsp3) is 0.471. The van der Waals surface area contributed by atoms with Crippen LogP contribution in [0.15, 0.2) is 18.2 Å². The summed E-state index contributed by atoms with van der Waals surface area (Å²) in [5.41, 5.74) is -1.77. The maximum Gasteiger partial charge on any atom is 0.325 e. The maximum atomic E-state index is 13.8. The summed E-state index contributed by atoms with van der Waals surface area (Å²) in [5.74, 6) is -2.19. The SMILES string of the molecule is C[C@H]1CCCC[C@]12NC(=O)N(CC(=O)Nc1cc([N+](=O)[O-])ccc1F)C2=O. The average Bonchev–Trinajstić information content (AvgIpc) is 2.84. The number of halogens is 1. The molecule has 1 heterocycles. The number of nitro benzene ring substituents is 1. The topological polar surface area (TPSA) is 122 Å². The monoisotopic (exact) mass is 378 g/mol. The highest BCUT2D eigenvalue weighted by Gasteiger charge is 2.55. The minimum Gasteiger partial charge on any atom is -0.323 e. The highest BCUT2D eigenvalue weighted by molar-refractivity contribution is 6.10. The first kappa shape index (κ1) is 18.7. The molecule has 1 spiro atoms. The lowest BCUT2D eigenvalue weighted by Gasteiger charge is -2.36. The Kier molecular flexibility index (Phi) is 4.81. The Morgan fingerprint density at radius 2 is 2.19 bits per heavy atom. The van der Waals surface area contributed by atoms with Gasteiger partial charge in [-0.2, -0.15) is 0 Å². The third-order valence-corrected chi connectivity index (χ3v) is 5.24. The molecule has 0 unspecified atom stereocenters. The molecule has 4 amide bonds. The van der Waals surface area contributed by atoms with E-state index in [-0.39, 0.29) is 11.6 Å². The van der Waals surface area contributed by atoms with Crippen molar-refractivity contribution >= 4 is 29.2 Å². The zero-order chi connectivity index (χ0) is 19.8. The molecular formula is C17H19FN4O5. The Morgan fingerprint density at radius 1 is 1.44 bits per heavy atom. The number of amides is 4. The summed E-state index contributed by atoms with van der Waals surface area (Å²) in [6.07, 6.45) is 3.08. The molecule has 2 fully saturated rings. The molecule has 0 bridgehead atoms. The number of non-ortho nitro benzene ring substituents is 1. The predicted octanol–water partition coefficient (Wildman–Crippen LogP) is 2.17. The number of carbonyl (C=O) groups is 3. The van der Waals surface area contributed by atoms with Gasteiger partial charge in [-0.15, -0.1) is 0 Å². The van der Waals surface area contributed by atoms with E-state index in [9.17, 15) is 28.9 Å². The number of urea groups is 1. The molecule has 1 aromatic carbocycles. The van der Waals surface area contributed by atoms with Gasteiger partial charge in [0.15, 0.2) is 0 Å². The summed E-state index contributed by atoms with van der Waals surface area (Å²) in [6, 6.07) is 2.05. The van der Waals surface area contributed by atoms with Gasteiger partial charge in [0.05, 0.1) is 10.6 Å². The van der Waals surface area contributed by atoms with E-state index < -0.39 is 46.4 Å².